The molecule has 4 atom stereocenters. The first-order valence-electron chi connectivity index (χ1n) is 8.13. The van der Waals surface area contributed by atoms with E-state index in [1.807, 2.05) is 0 Å². The maximum absolute atomic E-state index is 12.0. The molecule has 0 saturated heterocycles. The van der Waals surface area contributed by atoms with Crippen LogP contribution in [0.15, 0.2) is 12.2 Å². The van der Waals surface area contributed by atoms with E-state index in [-0.39, 0.29) is 18.6 Å². The molecule has 0 aliphatic heterocycles. The summed E-state index contributed by atoms with van der Waals surface area (Å²) in [6.07, 6.45) is 5.28. The number of hydrogen-bond acceptors (Lipinski definition) is 5. The molecule has 1 saturated carbocycles. The molecule has 2 N–H and O–H groups in total. The number of aliphatic hydroxyl groups is 1. The van der Waals surface area contributed by atoms with Gasteiger partial charge in [0, 0.05) is 25.2 Å². The van der Waals surface area contributed by atoms with Gasteiger partial charge in [0.15, 0.2) is 0 Å². The number of aliphatic hydroxyl groups excluding tert-OH is 1. The van der Waals surface area contributed by atoms with Crippen LogP contribution in [-0.4, -0.2) is 40.1 Å². The van der Waals surface area contributed by atoms with E-state index in [0.717, 1.165) is 19.3 Å². The Morgan fingerprint density at radius 1 is 1.39 bits per heavy atom. The topological polar surface area (TPSA) is 101 Å². The Balaban J connectivity index is 2.77. The van der Waals surface area contributed by atoms with E-state index in [1.165, 1.54) is 6.92 Å². The lowest BCUT2D eigenvalue weighted by atomic mass is 9.90. The van der Waals surface area contributed by atoms with Gasteiger partial charge in [0.2, 0.25) is 0 Å². The van der Waals surface area contributed by atoms with Gasteiger partial charge in [-0.05, 0) is 6.42 Å². The maximum Gasteiger partial charge on any atom is 0.304 e. The fraction of sp³-hybridized carbons (Fsp3) is 0.706. The fourth-order valence-electron chi connectivity index (χ4n) is 2.95. The summed E-state index contributed by atoms with van der Waals surface area (Å²) in [5.41, 5.74) is 0. The first-order chi connectivity index (χ1) is 10.8. The minimum atomic E-state index is -1.06. The van der Waals surface area contributed by atoms with E-state index in [2.05, 4.69) is 6.92 Å². The van der Waals surface area contributed by atoms with Crippen LogP contribution >= 0.6 is 0 Å². The standard InChI is InChI=1S/C17H26O6/c1-3-4-5-6-12(19)7-8-13-14(9-17(21)22)15(20)10-16(13)23-11(2)18/h7-8,12-14,16,19H,3-6,9-10H2,1-2H3,(H,21,22)/t12?,13-,14-,16-/m0/s1. The molecule has 1 aliphatic rings. The van der Waals surface area contributed by atoms with Crippen LogP contribution in [-0.2, 0) is 19.1 Å². The molecule has 0 aromatic heterocycles. The molecule has 0 amide bonds. The van der Waals surface area contributed by atoms with Gasteiger partial charge < -0.3 is 14.9 Å². The average molecular weight is 326 g/mol. The Labute approximate surface area is 136 Å². The smallest absolute Gasteiger partial charge is 0.304 e. The van der Waals surface area contributed by atoms with Crippen LogP contribution in [0.1, 0.15) is 52.4 Å². The van der Waals surface area contributed by atoms with Crippen molar-refractivity contribution in [1.82, 2.24) is 0 Å². The Kier molecular flexibility index (Phi) is 7.95. The number of carboxylic acid groups (broad SMARTS) is 1. The quantitative estimate of drug-likeness (QED) is 0.382. The van der Waals surface area contributed by atoms with Crippen molar-refractivity contribution in [3.63, 3.8) is 0 Å². The van der Waals surface area contributed by atoms with E-state index in [0.29, 0.717) is 6.42 Å². The normalized spacial score (nSPS) is 25.7. The molecule has 23 heavy (non-hydrogen) atoms. The van der Waals surface area contributed by atoms with Gasteiger partial charge >= 0.3 is 11.9 Å². The van der Waals surface area contributed by atoms with Crippen LogP contribution < -0.4 is 0 Å². The third-order valence-electron chi connectivity index (χ3n) is 4.08. The van der Waals surface area contributed by atoms with Crippen LogP contribution in [0.4, 0.5) is 0 Å². The molecule has 1 aliphatic carbocycles. The Bertz CT molecular complexity index is 456. The van der Waals surface area contributed by atoms with Crippen molar-refractivity contribution >= 4 is 17.7 Å². The van der Waals surface area contributed by atoms with Crippen molar-refractivity contribution in [1.29, 1.82) is 0 Å². The first-order valence-corrected chi connectivity index (χ1v) is 8.13. The van der Waals surface area contributed by atoms with Crippen molar-refractivity contribution < 1.29 is 29.3 Å². The van der Waals surface area contributed by atoms with Gasteiger partial charge in [0.25, 0.3) is 0 Å². The van der Waals surface area contributed by atoms with Crippen molar-refractivity contribution in [2.45, 2.75) is 64.6 Å². The summed E-state index contributed by atoms with van der Waals surface area (Å²) in [6, 6.07) is 0. The van der Waals surface area contributed by atoms with E-state index in [1.54, 1.807) is 12.2 Å². The predicted molar refractivity (Wildman–Crippen MR) is 83.7 cm³/mol. The lowest BCUT2D eigenvalue weighted by Gasteiger charge is -2.20. The number of carbonyl (C=O) groups is 3. The number of hydrogen-bond donors (Lipinski definition) is 2. The summed E-state index contributed by atoms with van der Waals surface area (Å²) >= 11 is 0. The van der Waals surface area contributed by atoms with Gasteiger partial charge in [0.05, 0.1) is 12.5 Å². The largest absolute Gasteiger partial charge is 0.481 e. The molecule has 6 nitrogen and oxygen atoms in total. The van der Waals surface area contributed by atoms with Gasteiger partial charge in [-0.1, -0.05) is 38.3 Å². The maximum atomic E-state index is 12.0. The molecule has 0 radical (unpaired) electrons. The molecular weight excluding hydrogens is 300 g/mol. The van der Waals surface area contributed by atoms with Crippen LogP contribution in [0.25, 0.3) is 0 Å². The zero-order valence-corrected chi connectivity index (χ0v) is 13.7. The minimum absolute atomic E-state index is 0.0263. The van der Waals surface area contributed by atoms with Gasteiger partial charge in [-0.3, -0.25) is 14.4 Å². The summed E-state index contributed by atoms with van der Waals surface area (Å²) in [5.74, 6) is -2.98. The second-order valence-electron chi connectivity index (χ2n) is 6.05. The van der Waals surface area contributed by atoms with E-state index in [9.17, 15) is 19.5 Å². The van der Waals surface area contributed by atoms with Crippen molar-refractivity contribution in [3.8, 4) is 0 Å². The summed E-state index contributed by atoms with van der Waals surface area (Å²) < 4.78 is 5.15. The minimum Gasteiger partial charge on any atom is -0.481 e. The van der Waals surface area contributed by atoms with E-state index < -0.39 is 36.0 Å². The number of unbranched alkanes of at least 4 members (excludes halogenated alkanes) is 2. The molecule has 0 bridgehead atoms. The monoisotopic (exact) mass is 326 g/mol. The van der Waals surface area contributed by atoms with Crippen molar-refractivity contribution in [2.24, 2.45) is 11.8 Å². The molecule has 0 aromatic rings. The molecule has 0 aromatic carbocycles. The van der Waals surface area contributed by atoms with Crippen molar-refractivity contribution in [2.75, 3.05) is 0 Å². The average Bonchev–Trinajstić information content (AvgIpc) is 2.71. The van der Waals surface area contributed by atoms with Crippen molar-refractivity contribution in [3.05, 3.63) is 12.2 Å². The van der Waals surface area contributed by atoms with Gasteiger partial charge in [-0.25, -0.2) is 0 Å². The summed E-state index contributed by atoms with van der Waals surface area (Å²) in [7, 11) is 0. The number of carboxylic acids is 1. The Morgan fingerprint density at radius 3 is 2.65 bits per heavy atom. The first kappa shape index (κ1) is 19.4. The third-order valence-corrected chi connectivity index (χ3v) is 4.08. The van der Waals surface area contributed by atoms with E-state index in [4.69, 9.17) is 9.84 Å². The number of ketones is 1. The predicted octanol–water partition coefficient (Wildman–Crippen LogP) is 2.10. The highest BCUT2D eigenvalue weighted by Crippen LogP contribution is 2.35. The van der Waals surface area contributed by atoms with Crippen LogP contribution in [0, 0.1) is 11.8 Å². The third kappa shape index (κ3) is 6.52. The highest BCUT2D eigenvalue weighted by molar-refractivity contribution is 5.88. The van der Waals surface area contributed by atoms with Crippen LogP contribution in [0.3, 0.4) is 0 Å². The highest BCUT2D eigenvalue weighted by atomic mass is 16.5. The lowest BCUT2D eigenvalue weighted by molar-refractivity contribution is -0.147. The Hall–Kier alpha value is -1.69. The number of aliphatic carboxylic acids is 1. The van der Waals surface area contributed by atoms with Gasteiger partial charge in [0.1, 0.15) is 11.9 Å². The molecule has 0 heterocycles. The fourth-order valence-corrected chi connectivity index (χ4v) is 2.95. The second-order valence-corrected chi connectivity index (χ2v) is 6.05. The van der Waals surface area contributed by atoms with Gasteiger partial charge in [-0.15, -0.1) is 0 Å². The van der Waals surface area contributed by atoms with Crippen LogP contribution in [0.2, 0.25) is 0 Å². The number of ether oxygens (including phenoxy) is 1. The molecule has 1 fully saturated rings. The van der Waals surface area contributed by atoms with Gasteiger partial charge in [-0.2, -0.15) is 0 Å². The molecule has 6 heteroatoms. The SMILES string of the molecule is CCCCCC(O)C=C[C@@H]1[C@@H](OC(C)=O)CC(=O)[C@H]1CC(=O)O. The lowest BCUT2D eigenvalue weighted by Crippen LogP contribution is -2.25. The zero-order valence-electron chi connectivity index (χ0n) is 13.7. The number of carbonyl (C=O) groups excluding carboxylic acids is 2. The zero-order chi connectivity index (χ0) is 17.4. The molecule has 1 unspecified atom stereocenters. The van der Waals surface area contributed by atoms with Crippen LogP contribution in [0.5, 0.6) is 0 Å². The summed E-state index contributed by atoms with van der Waals surface area (Å²) in [4.78, 5) is 34.1. The number of rotatable bonds is 9. The summed E-state index contributed by atoms with van der Waals surface area (Å²) in [6.45, 7) is 3.34. The molecule has 0 spiro atoms. The number of esters is 1. The second kappa shape index (κ2) is 9.45. The summed E-state index contributed by atoms with van der Waals surface area (Å²) in [5, 5.41) is 18.9. The number of Topliss-reactive ketones (excluding diaryl/α,β-unsaturated/α-hetero) is 1. The van der Waals surface area contributed by atoms with E-state index >= 15 is 0 Å². The Morgan fingerprint density at radius 2 is 2.09 bits per heavy atom. The molecular formula is C17H26O6. The molecule has 1 rings (SSSR count). The highest BCUT2D eigenvalue weighted by Gasteiger charge is 2.43. The molecule has 130 valence electrons.